The summed E-state index contributed by atoms with van der Waals surface area (Å²) in [5.41, 5.74) is 1.51. The van der Waals surface area contributed by atoms with Gasteiger partial charge < -0.3 is 0 Å². The van der Waals surface area contributed by atoms with Gasteiger partial charge in [-0.15, -0.1) is 0 Å². The molecule has 3 aromatic rings. The van der Waals surface area contributed by atoms with E-state index < -0.39 is 15.8 Å². The van der Waals surface area contributed by atoms with Crippen molar-refractivity contribution in [1.82, 2.24) is 14.6 Å². The van der Waals surface area contributed by atoms with Gasteiger partial charge in [0.25, 0.3) is 10.0 Å². The molecule has 0 unspecified atom stereocenters. The van der Waals surface area contributed by atoms with Gasteiger partial charge in [0.1, 0.15) is 11.6 Å². The maximum atomic E-state index is 13.0. The van der Waals surface area contributed by atoms with Crippen LogP contribution in [0.25, 0.3) is 5.65 Å². The van der Waals surface area contributed by atoms with Crippen LogP contribution in [0.3, 0.4) is 0 Å². The van der Waals surface area contributed by atoms with Gasteiger partial charge >= 0.3 is 0 Å². The van der Waals surface area contributed by atoms with Crippen LogP contribution in [0.2, 0.25) is 0 Å². The van der Waals surface area contributed by atoms with E-state index in [0.29, 0.717) is 17.4 Å². The third-order valence-electron chi connectivity index (χ3n) is 3.74. The molecule has 1 aliphatic carbocycles. The monoisotopic (exact) mass is 332 g/mol. The van der Waals surface area contributed by atoms with Crippen LogP contribution in [0.4, 0.5) is 10.2 Å². The number of nitrogens with zero attached hydrogens (tertiary/aromatic N) is 3. The van der Waals surface area contributed by atoms with Crippen LogP contribution >= 0.6 is 0 Å². The molecule has 2 aromatic heterocycles. The second-order valence-electron chi connectivity index (χ2n) is 5.50. The highest BCUT2D eigenvalue weighted by Gasteiger charge is 2.27. The highest BCUT2D eigenvalue weighted by Crippen LogP contribution is 2.39. The summed E-state index contributed by atoms with van der Waals surface area (Å²) < 4.78 is 41.7. The van der Waals surface area contributed by atoms with Crippen LogP contribution < -0.4 is 4.72 Å². The van der Waals surface area contributed by atoms with Crippen LogP contribution in [0.1, 0.15) is 24.5 Å². The summed E-state index contributed by atoms with van der Waals surface area (Å²) >= 11 is 0. The van der Waals surface area contributed by atoms with E-state index >= 15 is 0 Å². The number of rotatable bonds is 4. The molecule has 0 atom stereocenters. The number of nitrogens with one attached hydrogen (secondary N) is 1. The first-order valence-electron chi connectivity index (χ1n) is 7.16. The molecule has 2 heterocycles. The third kappa shape index (κ3) is 2.65. The van der Waals surface area contributed by atoms with Gasteiger partial charge in [0.2, 0.25) is 0 Å². The fraction of sp³-hybridized carbons (Fsp3) is 0.200. The normalized spacial score (nSPS) is 15.0. The maximum Gasteiger partial charge on any atom is 0.263 e. The molecule has 1 N–H and O–H groups in total. The van der Waals surface area contributed by atoms with E-state index in [-0.39, 0.29) is 4.90 Å². The van der Waals surface area contributed by atoms with Crippen molar-refractivity contribution in [3.8, 4) is 0 Å². The van der Waals surface area contributed by atoms with Gasteiger partial charge in [-0.1, -0.05) is 0 Å². The van der Waals surface area contributed by atoms with Gasteiger partial charge in [-0.3, -0.25) is 4.72 Å². The van der Waals surface area contributed by atoms with Gasteiger partial charge in [0, 0.05) is 18.2 Å². The molecule has 23 heavy (non-hydrogen) atoms. The van der Waals surface area contributed by atoms with Crippen molar-refractivity contribution < 1.29 is 12.8 Å². The zero-order valence-corrected chi connectivity index (χ0v) is 12.8. The first kappa shape index (κ1) is 14.1. The van der Waals surface area contributed by atoms with Crippen molar-refractivity contribution in [3.63, 3.8) is 0 Å². The molecule has 4 rings (SSSR count). The minimum Gasteiger partial charge on any atom is -0.263 e. The number of hydrogen-bond donors (Lipinski definition) is 1. The van der Waals surface area contributed by atoms with Crippen molar-refractivity contribution in [2.75, 3.05) is 4.72 Å². The molecule has 0 bridgehead atoms. The van der Waals surface area contributed by atoms with Gasteiger partial charge in [-0.25, -0.2) is 17.8 Å². The Morgan fingerprint density at radius 2 is 1.91 bits per heavy atom. The summed E-state index contributed by atoms with van der Waals surface area (Å²) in [5.74, 6) is 0.251. The molecular weight excluding hydrogens is 319 g/mol. The second kappa shape index (κ2) is 5.02. The highest BCUT2D eigenvalue weighted by molar-refractivity contribution is 7.92. The lowest BCUT2D eigenvalue weighted by Crippen LogP contribution is -2.15. The Labute approximate surface area is 132 Å². The van der Waals surface area contributed by atoms with Crippen molar-refractivity contribution in [2.45, 2.75) is 23.7 Å². The highest BCUT2D eigenvalue weighted by atomic mass is 32.2. The minimum atomic E-state index is -3.82. The van der Waals surface area contributed by atoms with E-state index in [1.807, 2.05) is 6.07 Å². The van der Waals surface area contributed by atoms with E-state index in [1.54, 1.807) is 0 Å². The Morgan fingerprint density at radius 1 is 1.17 bits per heavy atom. The summed E-state index contributed by atoms with van der Waals surface area (Å²) in [7, 11) is -3.82. The van der Waals surface area contributed by atoms with Crippen molar-refractivity contribution in [2.24, 2.45) is 0 Å². The predicted octanol–water partition coefficient (Wildman–Crippen LogP) is 2.55. The van der Waals surface area contributed by atoms with Crippen LogP contribution in [-0.2, 0) is 10.0 Å². The van der Waals surface area contributed by atoms with Crippen molar-refractivity contribution in [1.29, 1.82) is 0 Å². The summed E-state index contributed by atoms with van der Waals surface area (Å²) in [6, 6.07) is 8.06. The summed E-state index contributed by atoms with van der Waals surface area (Å²) in [5, 5.41) is 4.43. The number of hydrogen-bond acceptors (Lipinski definition) is 4. The Balaban J connectivity index is 1.72. The molecule has 0 spiro atoms. The zero-order valence-electron chi connectivity index (χ0n) is 12.0. The van der Waals surface area contributed by atoms with Gasteiger partial charge in [-0.05, 0) is 43.2 Å². The summed E-state index contributed by atoms with van der Waals surface area (Å²) in [6.45, 7) is 0. The van der Waals surface area contributed by atoms with E-state index in [2.05, 4.69) is 14.8 Å². The van der Waals surface area contributed by atoms with Crippen LogP contribution in [0.5, 0.6) is 0 Å². The zero-order chi connectivity index (χ0) is 16.0. The maximum absolute atomic E-state index is 13.0. The van der Waals surface area contributed by atoms with Crippen LogP contribution in [0, 0.1) is 5.82 Å². The molecule has 0 amide bonds. The number of benzene rings is 1. The van der Waals surface area contributed by atoms with E-state index in [4.69, 9.17) is 0 Å². The van der Waals surface area contributed by atoms with E-state index in [0.717, 1.165) is 30.7 Å². The third-order valence-corrected chi connectivity index (χ3v) is 5.11. The number of aromatic nitrogens is 3. The molecule has 118 valence electrons. The smallest absolute Gasteiger partial charge is 0.263 e. The quantitative estimate of drug-likeness (QED) is 0.796. The average Bonchev–Trinajstić information content (AvgIpc) is 3.27. The first-order chi connectivity index (χ1) is 11.0. The number of sulfonamides is 1. The standard InChI is InChI=1S/C15H13FN4O2S/c16-11-3-5-12(6-4-11)23(21,22)19-14-7-8-17-15-9-13(10-1-2-10)18-20(14)15/h3-10,19H,1-2H2. The molecular formula is C15H13FN4O2S. The molecule has 1 aromatic carbocycles. The van der Waals surface area contributed by atoms with Crippen molar-refractivity contribution >= 4 is 21.5 Å². The molecule has 1 saturated carbocycles. The van der Waals surface area contributed by atoms with E-state index in [9.17, 15) is 12.8 Å². The van der Waals surface area contributed by atoms with Gasteiger partial charge in [0.15, 0.2) is 5.65 Å². The fourth-order valence-electron chi connectivity index (χ4n) is 2.38. The lowest BCUT2D eigenvalue weighted by atomic mass is 10.3. The number of fused-ring (bicyclic) bond motifs is 1. The molecule has 8 heteroatoms. The second-order valence-corrected chi connectivity index (χ2v) is 7.19. The molecule has 1 fully saturated rings. The Kier molecular flexibility index (Phi) is 3.08. The SMILES string of the molecule is O=S(=O)(Nc1ccnc2cc(C3CC3)nn12)c1ccc(F)cc1. The predicted molar refractivity (Wildman–Crippen MR) is 82.2 cm³/mol. The van der Waals surface area contributed by atoms with Crippen LogP contribution in [-0.4, -0.2) is 23.0 Å². The number of halogens is 1. The fourth-order valence-corrected chi connectivity index (χ4v) is 3.42. The van der Waals surface area contributed by atoms with E-state index in [1.165, 1.54) is 28.9 Å². The first-order valence-corrected chi connectivity index (χ1v) is 8.64. The Morgan fingerprint density at radius 3 is 2.61 bits per heavy atom. The minimum absolute atomic E-state index is 0.0153. The lowest BCUT2D eigenvalue weighted by Gasteiger charge is -2.09. The molecule has 0 aliphatic heterocycles. The molecule has 1 aliphatic rings. The average molecular weight is 332 g/mol. The van der Waals surface area contributed by atoms with Gasteiger partial charge in [0.05, 0.1) is 10.6 Å². The summed E-state index contributed by atoms with van der Waals surface area (Å²) in [4.78, 5) is 4.19. The molecule has 6 nitrogen and oxygen atoms in total. The molecule has 0 radical (unpaired) electrons. The lowest BCUT2D eigenvalue weighted by molar-refractivity contribution is 0.599. The van der Waals surface area contributed by atoms with Crippen molar-refractivity contribution in [3.05, 3.63) is 54.1 Å². The van der Waals surface area contributed by atoms with Crippen LogP contribution in [0.15, 0.2) is 47.5 Å². The molecule has 0 saturated heterocycles. The topological polar surface area (TPSA) is 76.4 Å². The number of anilines is 1. The largest absolute Gasteiger partial charge is 0.263 e. The summed E-state index contributed by atoms with van der Waals surface area (Å²) in [6.07, 6.45) is 3.72. The van der Waals surface area contributed by atoms with Gasteiger partial charge in [-0.2, -0.15) is 9.61 Å². The Hall–Kier alpha value is -2.48. The Bertz CT molecular complexity index is 978.